The lowest BCUT2D eigenvalue weighted by Gasteiger charge is -2.20. The quantitative estimate of drug-likeness (QED) is 0.526. The van der Waals surface area contributed by atoms with Gasteiger partial charge in [0.15, 0.2) is 8.80 Å². The second-order valence-corrected chi connectivity index (χ2v) is 8.83. The van der Waals surface area contributed by atoms with Gasteiger partial charge in [-0.1, -0.05) is 88.4 Å². The van der Waals surface area contributed by atoms with Gasteiger partial charge < -0.3 is 4.90 Å². The van der Waals surface area contributed by atoms with E-state index in [1.165, 1.54) is 47.2 Å². The highest BCUT2D eigenvalue weighted by Gasteiger charge is 2.20. The monoisotopic (exact) mass is 328 g/mol. The fraction of sp³-hybridized carbons (Fsp3) is 0.182. The van der Waals surface area contributed by atoms with Crippen molar-refractivity contribution >= 4 is 30.0 Å². The van der Waals surface area contributed by atoms with Gasteiger partial charge in [-0.15, -0.1) is 0 Å². The lowest BCUT2D eigenvalue weighted by molar-refractivity contribution is 0.949. The summed E-state index contributed by atoms with van der Waals surface area (Å²) >= 11 is 0. The molecule has 0 amide bonds. The van der Waals surface area contributed by atoms with Crippen molar-refractivity contribution in [3.63, 3.8) is 0 Å². The summed E-state index contributed by atoms with van der Waals surface area (Å²) in [5.74, 6) is 0. The topological polar surface area (TPSA) is 3.24 Å². The van der Waals surface area contributed by atoms with Crippen LogP contribution in [0.3, 0.4) is 0 Å². The lowest BCUT2D eigenvalue weighted by Crippen LogP contribution is -2.51. The molecule has 1 radical (unpaired) electrons. The average molecular weight is 329 g/mol. The standard InChI is InChI=1S/C22H22NSi/c1-3-9-20(10-4-1)24(21-11-5-2-6-12-21)22-15-13-19(14-16-22)23-17-7-8-18-23/h1-6,9-16H,7-8,17-18H2. The first-order valence-electron chi connectivity index (χ1n) is 8.75. The molecule has 1 nitrogen and oxygen atoms in total. The summed E-state index contributed by atoms with van der Waals surface area (Å²) in [4.78, 5) is 2.50. The molecule has 1 aliphatic rings. The second kappa shape index (κ2) is 7.06. The Bertz CT molecular complexity index is 723. The van der Waals surface area contributed by atoms with Crippen LogP contribution in [0.1, 0.15) is 12.8 Å². The Morgan fingerprint density at radius 2 is 1.00 bits per heavy atom. The lowest BCUT2D eigenvalue weighted by atomic mass is 10.3. The molecule has 119 valence electrons. The van der Waals surface area contributed by atoms with Gasteiger partial charge >= 0.3 is 0 Å². The molecule has 3 aromatic carbocycles. The van der Waals surface area contributed by atoms with Gasteiger partial charge in [-0.3, -0.25) is 0 Å². The molecule has 1 aliphatic heterocycles. The first-order chi connectivity index (χ1) is 11.9. The summed E-state index contributed by atoms with van der Waals surface area (Å²) in [7, 11) is -0.935. The van der Waals surface area contributed by atoms with Crippen molar-refractivity contribution in [2.24, 2.45) is 0 Å². The molecule has 2 heteroatoms. The molecule has 0 spiro atoms. The number of hydrogen-bond acceptors (Lipinski definition) is 1. The molecule has 0 aliphatic carbocycles. The maximum absolute atomic E-state index is 2.50. The molecule has 3 aromatic rings. The normalized spacial score (nSPS) is 14.3. The molecule has 1 saturated heterocycles. The predicted molar refractivity (Wildman–Crippen MR) is 105 cm³/mol. The fourth-order valence-electron chi connectivity index (χ4n) is 3.52. The van der Waals surface area contributed by atoms with Crippen LogP contribution in [-0.4, -0.2) is 21.9 Å². The minimum Gasteiger partial charge on any atom is -0.372 e. The van der Waals surface area contributed by atoms with Crippen molar-refractivity contribution in [2.45, 2.75) is 12.8 Å². The Balaban J connectivity index is 1.71. The van der Waals surface area contributed by atoms with Crippen LogP contribution in [0.2, 0.25) is 0 Å². The highest BCUT2D eigenvalue weighted by molar-refractivity contribution is 6.95. The van der Waals surface area contributed by atoms with Gasteiger partial charge in [0, 0.05) is 18.8 Å². The maximum Gasteiger partial charge on any atom is 0.154 e. The van der Waals surface area contributed by atoms with E-state index in [4.69, 9.17) is 0 Å². The number of hydrogen-bond donors (Lipinski definition) is 0. The molecule has 24 heavy (non-hydrogen) atoms. The fourth-order valence-corrected chi connectivity index (χ4v) is 6.08. The summed E-state index contributed by atoms with van der Waals surface area (Å²) in [6, 6.07) is 31.2. The molecule has 0 unspecified atom stereocenters. The summed E-state index contributed by atoms with van der Waals surface area (Å²) in [6.45, 7) is 2.41. The predicted octanol–water partition coefficient (Wildman–Crippen LogP) is 2.80. The van der Waals surface area contributed by atoms with Crippen molar-refractivity contribution < 1.29 is 0 Å². The Morgan fingerprint density at radius 1 is 0.542 bits per heavy atom. The van der Waals surface area contributed by atoms with Gasteiger partial charge in [-0.2, -0.15) is 0 Å². The summed E-state index contributed by atoms with van der Waals surface area (Å²) in [5, 5.41) is 4.35. The molecule has 4 rings (SSSR count). The Kier molecular flexibility index (Phi) is 4.48. The van der Waals surface area contributed by atoms with E-state index < -0.39 is 8.80 Å². The minimum absolute atomic E-state index is 0.935. The molecule has 1 fully saturated rings. The Morgan fingerprint density at radius 3 is 1.50 bits per heavy atom. The van der Waals surface area contributed by atoms with Gasteiger partial charge in [0.25, 0.3) is 0 Å². The molecular weight excluding hydrogens is 306 g/mol. The van der Waals surface area contributed by atoms with Crippen molar-refractivity contribution in [1.29, 1.82) is 0 Å². The first-order valence-corrected chi connectivity index (χ1v) is 10.2. The third-order valence-electron chi connectivity index (χ3n) is 4.75. The zero-order chi connectivity index (χ0) is 16.2. The molecular formula is C22H22NSi. The Labute approximate surface area is 146 Å². The van der Waals surface area contributed by atoms with E-state index in [1.54, 1.807) is 0 Å². The van der Waals surface area contributed by atoms with Crippen LogP contribution >= 0.6 is 0 Å². The van der Waals surface area contributed by atoms with Crippen LogP contribution in [0.25, 0.3) is 0 Å². The van der Waals surface area contributed by atoms with E-state index in [2.05, 4.69) is 89.8 Å². The smallest absolute Gasteiger partial charge is 0.154 e. The van der Waals surface area contributed by atoms with Crippen LogP contribution in [0, 0.1) is 0 Å². The van der Waals surface area contributed by atoms with Gasteiger partial charge in [0.1, 0.15) is 0 Å². The van der Waals surface area contributed by atoms with E-state index >= 15 is 0 Å². The van der Waals surface area contributed by atoms with Crippen LogP contribution in [0.5, 0.6) is 0 Å². The second-order valence-electron chi connectivity index (χ2n) is 6.35. The van der Waals surface area contributed by atoms with Crippen molar-refractivity contribution in [3.05, 3.63) is 84.9 Å². The van der Waals surface area contributed by atoms with Gasteiger partial charge in [0.05, 0.1) is 0 Å². The van der Waals surface area contributed by atoms with Crippen LogP contribution < -0.4 is 20.5 Å². The number of rotatable bonds is 4. The van der Waals surface area contributed by atoms with Crippen LogP contribution in [0.15, 0.2) is 84.9 Å². The SMILES string of the molecule is c1ccc([Si](c2ccccc2)c2ccc(N3CCCC3)cc2)cc1. The summed E-state index contributed by atoms with van der Waals surface area (Å²) < 4.78 is 0. The average Bonchev–Trinajstić information content (AvgIpc) is 3.19. The van der Waals surface area contributed by atoms with Gasteiger partial charge in [-0.25, -0.2) is 0 Å². The van der Waals surface area contributed by atoms with E-state index in [0.29, 0.717) is 0 Å². The third-order valence-corrected chi connectivity index (χ3v) is 7.48. The highest BCUT2D eigenvalue weighted by Crippen LogP contribution is 2.18. The molecule has 1 heterocycles. The molecule has 0 N–H and O–H groups in total. The number of anilines is 1. The molecule has 0 atom stereocenters. The van der Waals surface area contributed by atoms with Crippen molar-refractivity contribution in [3.8, 4) is 0 Å². The molecule has 0 saturated carbocycles. The van der Waals surface area contributed by atoms with E-state index in [1.807, 2.05) is 0 Å². The van der Waals surface area contributed by atoms with Crippen LogP contribution in [0.4, 0.5) is 5.69 Å². The van der Waals surface area contributed by atoms with E-state index in [0.717, 1.165) is 0 Å². The zero-order valence-electron chi connectivity index (χ0n) is 13.9. The number of nitrogens with zero attached hydrogens (tertiary/aromatic N) is 1. The van der Waals surface area contributed by atoms with Crippen molar-refractivity contribution in [2.75, 3.05) is 18.0 Å². The van der Waals surface area contributed by atoms with Crippen LogP contribution in [-0.2, 0) is 0 Å². The zero-order valence-corrected chi connectivity index (χ0v) is 14.9. The van der Waals surface area contributed by atoms with Crippen molar-refractivity contribution in [1.82, 2.24) is 0 Å². The first kappa shape index (κ1) is 15.2. The summed E-state index contributed by atoms with van der Waals surface area (Å²) in [6.07, 6.45) is 2.65. The summed E-state index contributed by atoms with van der Waals surface area (Å²) in [5.41, 5.74) is 1.37. The molecule has 0 aromatic heterocycles. The van der Waals surface area contributed by atoms with Gasteiger partial charge in [-0.05, 0) is 25.0 Å². The van der Waals surface area contributed by atoms with Gasteiger partial charge in [0.2, 0.25) is 0 Å². The highest BCUT2D eigenvalue weighted by atomic mass is 28.3. The minimum atomic E-state index is -0.935. The Hall–Kier alpha value is -2.32. The largest absolute Gasteiger partial charge is 0.372 e. The maximum atomic E-state index is 2.50. The number of benzene rings is 3. The van der Waals surface area contributed by atoms with E-state index in [9.17, 15) is 0 Å². The third kappa shape index (κ3) is 3.15. The van der Waals surface area contributed by atoms with E-state index in [-0.39, 0.29) is 0 Å². The molecule has 0 bridgehead atoms.